The summed E-state index contributed by atoms with van der Waals surface area (Å²) in [7, 11) is 0. The van der Waals surface area contributed by atoms with Crippen LogP contribution in [0.25, 0.3) is 5.69 Å². The molecule has 4 rings (SSSR count). The van der Waals surface area contributed by atoms with Gasteiger partial charge in [0.2, 0.25) is 17.7 Å². The van der Waals surface area contributed by atoms with Gasteiger partial charge in [0.05, 0.1) is 12.3 Å². The van der Waals surface area contributed by atoms with Gasteiger partial charge in [-0.25, -0.2) is 9.48 Å². The molecule has 2 aliphatic heterocycles. The number of carbonyl (C=O) groups is 6. The van der Waals surface area contributed by atoms with E-state index in [2.05, 4.69) is 10.4 Å². The third-order valence-electron chi connectivity index (χ3n) is 8.22. The highest BCUT2D eigenvalue weighted by molar-refractivity contribution is 5.96. The van der Waals surface area contributed by atoms with Crippen LogP contribution in [0.3, 0.4) is 0 Å². The number of halogens is 3. The topological polar surface area (TPSA) is 193 Å². The van der Waals surface area contributed by atoms with E-state index in [1.54, 1.807) is 37.3 Å². The third kappa shape index (κ3) is 10.3. The lowest BCUT2D eigenvalue weighted by molar-refractivity contribution is -0.147. The van der Waals surface area contributed by atoms with Gasteiger partial charge in [0, 0.05) is 45.2 Å². The second kappa shape index (κ2) is 17.0. The highest BCUT2D eigenvalue weighted by atomic mass is 19.4. The number of nitrogens with zero attached hydrogens (tertiary/aromatic N) is 5. The maximum Gasteiger partial charge on any atom is 0.409 e. The van der Waals surface area contributed by atoms with Crippen LogP contribution in [0.1, 0.15) is 50.0 Å². The second-order valence-electron chi connectivity index (χ2n) is 11.9. The number of aromatic nitrogens is 2. The summed E-state index contributed by atoms with van der Waals surface area (Å²) in [5, 5.41) is 18.0. The van der Waals surface area contributed by atoms with Crippen molar-refractivity contribution in [3.05, 3.63) is 42.1 Å². The van der Waals surface area contributed by atoms with Gasteiger partial charge in [0.1, 0.15) is 18.6 Å². The Morgan fingerprint density at radius 1 is 1.00 bits per heavy atom. The zero-order valence-electron chi connectivity index (χ0n) is 28.1. The quantitative estimate of drug-likeness (QED) is 0.273. The maximum absolute atomic E-state index is 13.5. The fraction of sp³-hybridized carbons (Fsp3) is 0.531. The van der Waals surface area contributed by atoms with Crippen molar-refractivity contribution in [2.45, 2.75) is 63.9 Å². The molecule has 3 atom stereocenters. The van der Waals surface area contributed by atoms with Crippen molar-refractivity contribution in [2.75, 3.05) is 45.9 Å². The lowest BCUT2D eigenvalue weighted by atomic mass is 10.1. The zero-order chi connectivity index (χ0) is 37.3. The molecule has 51 heavy (non-hydrogen) atoms. The number of likely N-dealkylation sites (tertiary alicyclic amines) is 1. The number of aliphatic carboxylic acids is 1. The number of carboxylic acid groups (broad SMARTS) is 1. The van der Waals surface area contributed by atoms with Crippen molar-refractivity contribution in [1.82, 2.24) is 35.1 Å². The highest BCUT2D eigenvalue weighted by Gasteiger charge is 2.39. The number of ether oxygens (including phenoxy) is 2. The minimum atomic E-state index is -4.62. The number of amides is 5. The smallest absolute Gasteiger partial charge is 0.409 e. The summed E-state index contributed by atoms with van der Waals surface area (Å²) in [6, 6.07) is 7.23. The Bertz CT molecular complexity index is 1580. The number of piperazine rings is 1. The van der Waals surface area contributed by atoms with Crippen LogP contribution in [0.15, 0.2) is 36.4 Å². The van der Waals surface area contributed by atoms with Crippen LogP contribution in [0, 0.1) is 0 Å². The molecule has 0 saturated carbocycles. The summed E-state index contributed by atoms with van der Waals surface area (Å²) in [4.78, 5) is 80.4. The van der Waals surface area contributed by atoms with Crippen molar-refractivity contribution in [1.29, 1.82) is 0 Å². The first kappa shape index (κ1) is 38.4. The average molecular weight is 724 g/mol. The molecule has 0 spiro atoms. The first-order valence-electron chi connectivity index (χ1n) is 16.4. The fourth-order valence-electron chi connectivity index (χ4n) is 5.69. The predicted molar refractivity (Wildman–Crippen MR) is 171 cm³/mol. The molecule has 3 heterocycles. The van der Waals surface area contributed by atoms with E-state index in [0.29, 0.717) is 12.1 Å². The van der Waals surface area contributed by atoms with Crippen LogP contribution in [0.5, 0.6) is 5.88 Å². The number of carboxylic acids is 1. The van der Waals surface area contributed by atoms with Crippen LogP contribution in [0.4, 0.5) is 18.0 Å². The SMILES string of the molecule is CCOC(=O)N1CCN(C(=O)C(CCC(=O)O)NC(=O)c2cc(O[C@@H](C)C(=O)N3CCCC3C(=O)NCC(F)(F)F)n(-c3ccccc3)n2)CC1. The number of hydrogen-bond acceptors (Lipinski definition) is 9. The number of alkyl halides is 3. The monoisotopic (exact) mass is 723 g/mol. The molecular formula is C32H40F3N7O9. The molecule has 2 aromatic rings. The molecular weight excluding hydrogens is 683 g/mol. The second-order valence-corrected chi connectivity index (χ2v) is 11.9. The van der Waals surface area contributed by atoms with E-state index in [4.69, 9.17) is 9.47 Å². The van der Waals surface area contributed by atoms with E-state index in [1.165, 1.54) is 27.5 Å². The number of carbonyl (C=O) groups excluding carboxylic acids is 5. The molecule has 19 heteroatoms. The molecule has 0 radical (unpaired) electrons. The zero-order valence-corrected chi connectivity index (χ0v) is 28.1. The van der Waals surface area contributed by atoms with Crippen LogP contribution in [-0.4, -0.2) is 136 Å². The third-order valence-corrected chi connectivity index (χ3v) is 8.22. The Kier molecular flexibility index (Phi) is 12.8. The van der Waals surface area contributed by atoms with E-state index in [-0.39, 0.29) is 63.7 Å². The van der Waals surface area contributed by atoms with Crippen molar-refractivity contribution in [2.24, 2.45) is 0 Å². The molecule has 0 bridgehead atoms. The molecule has 0 aliphatic carbocycles. The van der Waals surface area contributed by atoms with E-state index < -0.39 is 73.0 Å². The Labute approximate surface area is 290 Å². The summed E-state index contributed by atoms with van der Waals surface area (Å²) in [5.41, 5.74) is 0.189. The highest BCUT2D eigenvalue weighted by Crippen LogP contribution is 2.24. The first-order chi connectivity index (χ1) is 24.2. The number of hydrogen-bond donors (Lipinski definition) is 3. The Hall–Kier alpha value is -5.36. The molecule has 2 aliphatic rings. The summed E-state index contributed by atoms with van der Waals surface area (Å²) in [6.45, 7) is 2.45. The van der Waals surface area contributed by atoms with Crippen LogP contribution < -0.4 is 15.4 Å². The summed E-state index contributed by atoms with van der Waals surface area (Å²) in [5.74, 6) is -4.27. The van der Waals surface area contributed by atoms with Crippen molar-refractivity contribution in [3.8, 4) is 11.6 Å². The standard InChI is InChI=1S/C32H40F3N7O9/c1-3-50-31(49)40-16-14-39(15-17-40)30(48)22(11-12-26(43)44)37-27(45)23-18-25(42(38-23)21-8-5-4-6-9-21)51-20(2)29(47)41-13-7-10-24(41)28(46)36-19-32(33,34)35/h4-6,8-9,18,20,22,24H,3,7,10-17,19H2,1-2H3,(H,36,46)(H,37,45)(H,43,44)/t20-,22?,24?/m0/s1. The van der Waals surface area contributed by atoms with Gasteiger partial charge in [0.25, 0.3) is 11.8 Å². The van der Waals surface area contributed by atoms with E-state index >= 15 is 0 Å². The van der Waals surface area contributed by atoms with E-state index in [1.807, 2.05) is 5.32 Å². The summed E-state index contributed by atoms with van der Waals surface area (Å²) < 4.78 is 50.2. The van der Waals surface area contributed by atoms with Crippen molar-refractivity contribution >= 4 is 35.7 Å². The van der Waals surface area contributed by atoms with Crippen molar-refractivity contribution < 1.29 is 56.5 Å². The molecule has 2 fully saturated rings. The lowest BCUT2D eigenvalue weighted by Crippen LogP contribution is -2.56. The van der Waals surface area contributed by atoms with Gasteiger partial charge in [-0.2, -0.15) is 18.3 Å². The number of rotatable bonds is 13. The van der Waals surface area contributed by atoms with Crippen LogP contribution in [-0.2, 0) is 23.9 Å². The molecule has 1 aromatic heterocycles. The maximum atomic E-state index is 13.5. The van der Waals surface area contributed by atoms with Crippen LogP contribution >= 0.6 is 0 Å². The molecule has 278 valence electrons. The van der Waals surface area contributed by atoms with Gasteiger partial charge in [-0.05, 0) is 45.2 Å². The predicted octanol–water partition coefficient (Wildman–Crippen LogP) is 1.57. The van der Waals surface area contributed by atoms with Gasteiger partial charge >= 0.3 is 18.2 Å². The normalized spacial score (nSPS) is 17.4. The van der Waals surface area contributed by atoms with E-state index in [0.717, 1.165) is 4.90 Å². The Balaban J connectivity index is 1.51. The molecule has 2 unspecified atom stereocenters. The molecule has 3 N–H and O–H groups in total. The minimum absolute atomic E-state index is 0.0760. The Morgan fingerprint density at radius 3 is 2.29 bits per heavy atom. The fourth-order valence-corrected chi connectivity index (χ4v) is 5.69. The van der Waals surface area contributed by atoms with Gasteiger partial charge in [-0.15, -0.1) is 0 Å². The molecule has 5 amide bonds. The van der Waals surface area contributed by atoms with Gasteiger partial charge in [-0.1, -0.05) is 18.2 Å². The number of para-hydroxylation sites is 1. The largest absolute Gasteiger partial charge is 0.481 e. The van der Waals surface area contributed by atoms with Gasteiger partial charge < -0.3 is 39.9 Å². The van der Waals surface area contributed by atoms with Gasteiger partial charge in [-0.3, -0.25) is 24.0 Å². The van der Waals surface area contributed by atoms with Crippen molar-refractivity contribution in [3.63, 3.8) is 0 Å². The first-order valence-corrected chi connectivity index (χ1v) is 16.4. The lowest BCUT2D eigenvalue weighted by Gasteiger charge is -2.35. The van der Waals surface area contributed by atoms with E-state index in [9.17, 15) is 47.0 Å². The molecule has 16 nitrogen and oxygen atoms in total. The molecule has 2 saturated heterocycles. The average Bonchev–Trinajstić information content (AvgIpc) is 3.76. The number of nitrogens with one attached hydrogen (secondary N) is 2. The summed E-state index contributed by atoms with van der Waals surface area (Å²) in [6.07, 6.45) is -6.53. The summed E-state index contributed by atoms with van der Waals surface area (Å²) >= 11 is 0. The molecule has 1 aromatic carbocycles. The van der Waals surface area contributed by atoms with Gasteiger partial charge in [0.15, 0.2) is 11.8 Å². The Morgan fingerprint density at radius 2 is 1.67 bits per heavy atom. The minimum Gasteiger partial charge on any atom is -0.481 e. The van der Waals surface area contributed by atoms with Crippen LogP contribution in [0.2, 0.25) is 0 Å². The number of benzene rings is 1.